The first-order valence-electron chi connectivity index (χ1n) is 13.2. The van der Waals surface area contributed by atoms with E-state index < -0.39 is 0 Å². The van der Waals surface area contributed by atoms with Crippen LogP contribution in [0.4, 0.5) is 0 Å². The third-order valence-corrected chi connectivity index (χ3v) is 5.89. The molecule has 2 N–H and O–H groups in total. The molecule has 0 bridgehead atoms. The van der Waals surface area contributed by atoms with Crippen molar-refractivity contribution in [1.82, 2.24) is 15.6 Å². The summed E-state index contributed by atoms with van der Waals surface area (Å²) in [5, 5.41) is 5.88. The normalized spacial score (nSPS) is 10.8. The maximum atomic E-state index is 12.2. The molecule has 1 rings (SSSR count). The Balaban J connectivity index is 2.11. The first-order chi connectivity index (χ1) is 15.7. The molecule has 0 radical (unpaired) electrons. The standard InChI is InChI=1S/C27H47N3O2/c1-3-5-7-9-11-13-15-17-21-28-26(31)24-19-20-25(30-23-24)27(32)29-22-18-16-14-12-10-8-6-4-2/h19-20,23H,3-18,21-22H2,1-2H3,(H,28,31)(H,29,32). The van der Waals surface area contributed by atoms with Crippen molar-refractivity contribution in [1.29, 1.82) is 0 Å². The summed E-state index contributed by atoms with van der Waals surface area (Å²) < 4.78 is 0. The third-order valence-electron chi connectivity index (χ3n) is 5.89. The minimum Gasteiger partial charge on any atom is -0.352 e. The number of hydrogen-bond donors (Lipinski definition) is 2. The Morgan fingerprint density at radius 1 is 0.625 bits per heavy atom. The van der Waals surface area contributed by atoms with Crippen LogP contribution in [0.25, 0.3) is 0 Å². The van der Waals surface area contributed by atoms with E-state index in [4.69, 9.17) is 0 Å². The summed E-state index contributed by atoms with van der Waals surface area (Å²) in [6.45, 7) is 5.84. The molecule has 0 saturated heterocycles. The van der Waals surface area contributed by atoms with Crippen molar-refractivity contribution >= 4 is 11.8 Å². The number of unbranched alkanes of at least 4 members (excludes halogenated alkanes) is 14. The minimum absolute atomic E-state index is 0.119. The molecule has 32 heavy (non-hydrogen) atoms. The number of rotatable bonds is 20. The van der Waals surface area contributed by atoms with Gasteiger partial charge in [-0.05, 0) is 25.0 Å². The topological polar surface area (TPSA) is 71.1 Å². The van der Waals surface area contributed by atoms with E-state index in [-0.39, 0.29) is 11.8 Å². The highest BCUT2D eigenvalue weighted by Gasteiger charge is 2.09. The van der Waals surface area contributed by atoms with Gasteiger partial charge in [0.2, 0.25) is 0 Å². The fourth-order valence-corrected chi connectivity index (χ4v) is 3.78. The number of carbonyl (C=O) groups is 2. The van der Waals surface area contributed by atoms with Gasteiger partial charge < -0.3 is 10.6 Å². The van der Waals surface area contributed by atoms with Crippen molar-refractivity contribution in [2.24, 2.45) is 0 Å². The van der Waals surface area contributed by atoms with E-state index in [1.54, 1.807) is 12.1 Å². The van der Waals surface area contributed by atoms with E-state index in [2.05, 4.69) is 29.5 Å². The number of aromatic nitrogens is 1. The van der Waals surface area contributed by atoms with Gasteiger partial charge in [0.15, 0.2) is 0 Å². The van der Waals surface area contributed by atoms with Crippen LogP contribution < -0.4 is 10.6 Å². The summed E-state index contributed by atoms with van der Waals surface area (Å²) >= 11 is 0. The van der Waals surface area contributed by atoms with Gasteiger partial charge in [-0.1, -0.05) is 104 Å². The predicted octanol–water partition coefficient (Wildman–Crippen LogP) is 6.82. The minimum atomic E-state index is -0.168. The molecule has 0 aliphatic heterocycles. The zero-order valence-electron chi connectivity index (χ0n) is 20.7. The molecule has 182 valence electrons. The van der Waals surface area contributed by atoms with Crippen LogP contribution in [0, 0.1) is 0 Å². The van der Waals surface area contributed by atoms with E-state index >= 15 is 0 Å². The summed E-state index contributed by atoms with van der Waals surface area (Å²) in [5.41, 5.74) is 0.869. The summed E-state index contributed by atoms with van der Waals surface area (Å²) in [5.74, 6) is -0.287. The van der Waals surface area contributed by atoms with Gasteiger partial charge in [-0.15, -0.1) is 0 Å². The number of nitrogens with one attached hydrogen (secondary N) is 2. The third kappa shape index (κ3) is 14.2. The van der Waals surface area contributed by atoms with Crippen molar-refractivity contribution in [3.05, 3.63) is 29.6 Å². The van der Waals surface area contributed by atoms with Crippen LogP contribution >= 0.6 is 0 Å². The van der Waals surface area contributed by atoms with Gasteiger partial charge >= 0.3 is 0 Å². The van der Waals surface area contributed by atoms with Crippen LogP contribution in [-0.4, -0.2) is 29.9 Å². The van der Waals surface area contributed by atoms with E-state index in [0.717, 1.165) is 25.7 Å². The molecule has 1 heterocycles. The van der Waals surface area contributed by atoms with Crippen LogP contribution in [0.3, 0.4) is 0 Å². The molecule has 0 unspecified atom stereocenters. The maximum absolute atomic E-state index is 12.2. The Morgan fingerprint density at radius 3 is 1.50 bits per heavy atom. The molecule has 0 aromatic carbocycles. The summed E-state index contributed by atoms with van der Waals surface area (Å²) in [6.07, 6.45) is 21.4. The second-order valence-electron chi connectivity index (χ2n) is 8.89. The highest BCUT2D eigenvalue weighted by Crippen LogP contribution is 2.09. The van der Waals surface area contributed by atoms with Crippen LogP contribution in [0.15, 0.2) is 18.3 Å². The van der Waals surface area contributed by atoms with Crippen LogP contribution in [0.1, 0.15) is 137 Å². The average molecular weight is 446 g/mol. The molecule has 0 spiro atoms. The van der Waals surface area contributed by atoms with Gasteiger partial charge in [0.05, 0.1) is 5.56 Å². The van der Waals surface area contributed by atoms with Gasteiger partial charge in [-0.25, -0.2) is 0 Å². The monoisotopic (exact) mass is 445 g/mol. The second-order valence-corrected chi connectivity index (χ2v) is 8.89. The smallest absolute Gasteiger partial charge is 0.269 e. The Labute approximate surface area is 196 Å². The number of hydrogen-bond acceptors (Lipinski definition) is 3. The molecular weight excluding hydrogens is 398 g/mol. The maximum Gasteiger partial charge on any atom is 0.269 e. The molecule has 0 atom stereocenters. The SMILES string of the molecule is CCCCCCCCCCNC(=O)c1ccc(C(=O)NCCCCCCCCCC)nc1. The lowest BCUT2D eigenvalue weighted by molar-refractivity contribution is 0.0937. The quantitative estimate of drug-likeness (QED) is 0.216. The summed E-state index contributed by atoms with van der Waals surface area (Å²) in [7, 11) is 0. The van der Waals surface area contributed by atoms with Crippen LogP contribution in [0.5, 0.6) is 0 Å². The van der Waals surface area contributed by atoms with Crippen molar-refractivity contribution in [3.8, 4) is 0 Å². The lowest BCUT2D eigenvalue weighted by Gasteiger charge is -2.07. The molecule has 0 aliphatic rings. The van der Waals surface area contributed by atoms with E-state index in [0.29, 0.717) is 24.3 Å². The number of carbonyl (C=O) groups excluding carboxylic acids is 2. The summed E-state index contributed by atoms with van der Waals surface area (Å²) in [6, 6.07) is 3.32. The molecular formula is C27H47N3O2. The van der Waals surface area contributed by atoms with E-state index in [1.165, 1.54) is 83.2 Å². The number of pyridine rings is 1. The molecule has 0 fully saturated rings. The van der Waals surface area contributed by atoms with Gasteiger partial charge in [0, 0.05) is 19.3 Å². The molecule has 2 amide bonds. The lowest BCUT2D eigenvalue weighted by Crippen LogP contribution is -2.27. The first kappa shape index (κ1) is 28.1. The number of nitrogens with zero attached hydrogens (tertiary/aromatic N) is 1. The molecule has 1 aromatic heterocycles. The van der Waals surface area contributed by atoms with Crippen LogP contribution in [-0.2, 0) is 0 Å². The highest BCUT2D eigenvalue weighted by atomic mass is 16.2. The number of amides is 2. The predicted molar refractivity (Wildman–Crippen MR) is 134 cm³/mol. The molecule has 0 saturated carbocycles. The zero-order chi connectivity index (χ0) is 23.3. The van der Waals surface area contributed by atoms with E-state index in [1.807, 2.05) is 0 Å². The van der Waals surface area contributed by atoms with Crippen molar-refractivity contribution in [3.63, 3.8) is 0 Å². The Morgan fingerprint density at radius 2 is 1.06 bits per heavy atom. The Hall–Kier alpha value is -1.91. The first-order valence-corrected chi connectivity index (χ1v) is 13.2. The van der Waals surface area contributed by atoms with Crippen LogP contribution in [0.2, 0.25) is 0 Å². The highest BCUT2D eigenvalue weighted by molar-refractivity contribution is 5.96. The van der Waals surface area contributed by atoms with Gasteiger partial charge in [-0.2, -0.15) is 0 Å². The Kier molecular flexibility index (Phi) is 17.4. The molecule has 0 aliphatic carbocycles. The van der Waals surface area contributed by atoms with Gasteiger partial charge in [0.25, 0.3) is 11.8 Å². The fraction of sp³-hybridized carbons (Fsp3) is 0.741. The van der Waals surface area contributed by atoms with Gasteiger partial charge in [-0.3, -0.25) is 14.6 Å². The van der Waals surface area contributed by atoms with Crippen molar-refractivity contribution < 1.29 is 9.59 Å². The second kappa shape index (κ2) is 19.8. The fourth-order valence-electron chi connectivity index (χ4n) is 3.78. The average Bonchev–Trinajstić information content (AvgIpc) is 2.81. The summed E-state index contributed by atoms with van der Waals surface area (Å²) in [4.78, 5) is 28.6. The van der Waals surface area contributed by atoms with Crippen molar-refractivity contribution in [2.75, 3.05) is 13.1 Å². The Bertz CT molecular complexity index is 548. The van der Waals surface area contributed by atoms with Gasteiger partial charge in [0.1, 0.15) is 5.69 Å². The zero-order valence-corrected chi connectivity index (χ0v) is 20.7. The molecule has 5 heteroatoms. The molecule has 1 aromatic rings. The van der Waals surface area contributed by atoms with Crippen molar-refractivity contribution in [2.45, 2.75) is 117 Å². The lowest BCUT2D eigenvalue weighted by atomic mass is 10.1. The van der Waals surface area contributed by atoms with E-state index in [9.17, 15) is 9.59 Å². The largest absolute Gasteiger partial charge is 0.352 e. The molecule has 5 nitrogen and oxygen atoms in total.